The Kier molecular flexibility index (Phi) is 6.03. The first-order valence-electron chi connectivity index (χ1n) is 8.36. The number of carbonyl (C=O) groups is 2. The molecule has 5 heteroatoms. The number of nitrogens with one attached hydrogen (secondary N) is 1. The maximum absolute atomic E-state index is 12.2. The minimum absolute atomic E-state index is 0.0134. The molecule has 1 unspecified atom stereocenters. The number of rotatable bonds is 6. The fourth-order valence-electron chi connectivity index (χ4n) is 3.17. The first-order valence-corrected chi connectivity index (χ1v) is 8.36. The first kappa shape index (κ1) is 16.3. The Morgan fingerprint density at radius 1 is 1.10 bits per heavy atom. The van der Waals surface area contributed by atoms with Crippen LogP contribution in [-0.4, -0.2) is 46.6 Å². The monoisotopic (exact) mass is 296 g/mol. The molecule has 0 radical (unpaired) electrons. The van der Waals surface area contributed by atoms with Gasteiger partial charge in [-0.15, -0.1) is 0 Å². The van der Waals surface area contributed by atoms with Gasteiger partial charge in [-0.3, -0.25) is 14.5 Å². The molecule has 5 nitrogen and oxygen atoms in total. The van der Waals surface area contributed by atoms with Crippen LogP contribution in [0.4, 0.5) is 0 Å². The Morgan fingerprint density at radius 2 is 1.67 bits per heavy atom. The second kappa shape index (κ2) is 7.78. The summed E-state index contributed by atoms with van der Waals surface area (Å²) in [6, 6.07) is -0.0289. The highest BCUT2D eigenvalue weighted by molar-refractivity contribution is 5.80. The molecule has 0 aliphatic heterocycles. The van der Waals surface area contributed by atoms with E-state index in [4.69, 9.17) is 5.11 Å². The van der Waals surface area contributed by atoms with Gasteiger partial charge < -0.3 is 10.4 Å². The lowest BCUT2D eigenvalue weighted by Crippen LogP contribution is -2.48. The molecule has 2 fully saturated rings. The topological polar surface area (TPSA) is 69.6 Å². The number of hydrogen-bond acceptors (Lipinski definition) is 3. The average molecular weight is 296 g/mol. The van der Waals surface area contributed by atoms with Gasteiger partial charge in [0, 0.05) is 12.1 Å². The maximum atomic E-state index is 12.2. The molecule has 0 aromatic heterocycles. The smallest absolute Gasteiger partial charge is 0.320 e. The SMILES string of the molecule is CC(C(=O)O)N(CC(=O)NC1CCCCCCC1)C1CC1. The van der Waals surface area contributed by atoms with Crippen LogP contribution >= 0.6 is 0 Å². The van der Waals surface area contributed by atoms with Crippen LogP contribution in [0.5, 0.6) is 0 Å². The number of carbonyl (C=O) groups excluding carboxylic acids is 1. The van der Waals surface area contributed by atoms with Crippen LogP contribution in [0.1, 0.15) is 64.7 Å². The Morgan fingerprint density at radius 3 is 2.19 bits per heavy atom. The molecular weight excluding hydrogens is 268 g/mol. The standard InChI is InChI=1S/C16H28N2O3/c1-12(16(20)21)18(14-9-10-14)11-15(19)17-13-7-5-3-2-4-6-8-13/h12-14H,2-11H2,1H3,(H,17,19)(H,20,21). The summed E-state index contributed by atoms with van der Waals surface area (Å²) in [6.45, 7) is 1.89. The molecule has 0 heterocycles. The second-order valence-corrected chi connectivity index (χ2v) is 6.53. The van der Waals surface area contributed by atoms with Crippen molar-refractivity contribution in [3.63, 3.8) is 0 Å². The van der Waals surface area contributed by atoms with Crippen LogP contribution in [0, 0.1) is 0 Å². The maximum Gasteiger partial charge on any atom is 0.320 e. The van der Waals surface area contributed by atoms with E-state index >= 15 is 0 Å². The van der Waals surface area contributed by atoms with E-state index in [1.165, 1.54) is 32.1 Å². The number of hydrogen-bond donors (Lipinski definition) is 2. The van der Waals surface area contributed by atoms with Crippen molar-refractivity contribution in [2.45, 2.75) is 82.8 Å². The van der Waals surface area contributed by atoms with Crippen molar-refractivity contribution in [2.75, 3.05) is 6.54 Å². The third kappa shape index (κ3) is 5.30. The van der Waals surface area contributed by atoms with Gasteiger partial charge in [0.2, 0.25) is 5.91 Å². The van der Waals surface area contributed by atoms with Crippen molar-refractivity contribution in [2.24, 2.45) is 0 Å². The highest BCUT2D eigenvalue weighted by Gasteiger charge is 2.36. The molecule has 2 aliphatic carbocycles. The molecule has 2 N–H and O–H groups in total. The Labute approximate surface area is 127 Å². The lowest BCUT2D eigenvalue weighted by atomic mass is 9.97. The molecule has 0 spiro atoms. The van der Waals surface area contributed by atoms with Gasteiger partial charge in [-0.05, 0) is 32.6 Å². The Hall–Kier alpha value is -1.10. The van der Waals surface area contributed by atoms with E-state index in [1.807, 2.05) is 4.90 Å². The van der Waals surface area contributed by atoms with E-state index in [9.17, 15) is 9.59 Å². The van der Waals surface area contributed by atoms with Gasteiger partial charge in [-0.25, -0.2) is 0 Å². The average Bonchev–Trinajstić information content (AvgIpc) is 3.22. The third-order valence-corrected chi connectivity index (χ3v) is 4.67. The van der Waals surface area contributed by atoms with Crippen molar-refractivity contribution in [3.05, 3.63) is 0 Å². The number of aliphatic carboxylic acids is 1. The predicted molar refractivity (Wildman–Crippen MR) is 81.1 cm³/mol. The predicted octanol–water partition coefficient (Wildman–Crippen LogP) is 2.15. The van der Waals surface area contributed by atoms with Crippen molar-refractivity contribution in [1.82, 2.24) is 10.2 Å². The largest absolute Gasteiger partial charge is 0.480 e. The lowest BCUT2D eigenvalue weighted by molar-refractivity contribution is -0.143. The summed E-state index contributed by atoms with van der Waals surface area (Å²) in [5, 5.41) is 12.3. The van der Waals surface area contributed by atoms with Gasteiger partial charge >= 0.3 is 5.97 Å². The molecule has 0 bridgehead atoms. The van der Waals surface area contributed by atoms with Crippen LogP contribution in [0.15, 0.2) is 0 Å². The molecule has 120 valence electrons. The molecule has 1 amide bonds. The third-order valence-electron chi connectivity index (χ3n) is 4.67. The fourth-order valence-corrected chi connectivity index (χ4v) is 3.17. The van der Waals surface area contributed by atoms with Crippen LogP contribution in [0.2, 0.25) is 0 Å². The number of nitrogens with zero attached hydrogens (tertiary/aromatic N) is 1. The molecule has 1 atom stereocenters. The summed E-state index contributed by atoms with van der Waals surface area (Å²) in [6.07, 6.45) is 10.3. The van der Waals surface area contributed by atoms with E-state index in [0.29, 0.717) is 0 Å². The van der Waals surface area contributed by atoms with Crippen molar-refractivity contribution in [3.8, 4) is 0 Å². The van der Waals surface area contributed by atoms with E-state index in [0.717, 1.165) is 25.7 Å². The molecule has 2 aliphatic rings. The Bertz CT molecular complexity index is 361. The van der Waals surface area contributed by atoms with Crippen molar-refractivity contribution in [1.29, 1.82) is 0 Å². The summed E-state index contributed by atoms with van der Waals surface area (Å²) >= 11 is 0. The van der Waals surface area contributed by atoms with E-state index in [1.54, 1.807) is 6.92 Å². The number of amides is 1. The zero-order valence-corrected chi connectivity index (χ0v) is 13.0. The normalized spacial score (nSPS) is 22.4. The minimum Gasteiger partial charge on any atom is -0.480 e. The molecular formula is C16H28N2O3. The molecule has 2 rings (SSSR count). The summed E-state index contributed by atoms with van der Waals surface area (Å²) in [5.74, 6) is -0.860. The highest BCUT2D eigenvalue weighted by Crippen LogP contribution is 2.28. The summed E-state index contributed by atoms with van der Waals surface area (Å²) in [7, 11) is 0. The van der Waals surface area contributed by atoms with Crippen LogP contribution < -0.4 is 5.32 Å². The quantitative estimate of drug-likeness (QED) is 0.788. The van der Waals surface area contributed by atoms with Crippen LogP contribution in [0.25, 0.3) is 0 Å². The van der Waals surface area contributed by atoms with Crippen LogP contribution in [-0.2, 0) is 9.59 Å². The lowest BCUT2D eigenvalue weighted by Gasteiger charge is -2.27. The molecule has 21 heavy (non-hydrogen) atoms. The number of carboxylic acids is 1. The molecule has 2 saturated carbocycles. The summed E-state index contributed by atoms with van der Waals surface area (Å²) in [5.41, 5.74) is 0. The highest BCUT2D eigenvalue weighted by atomic mass is 16.4. The molecule has 0 aromatic carbocycles. The first-order chi connectivity index (χ1) is 10.1. The van der Waals surface area contributed by atoms with Gasteiger partial charge in [0.05, 0.1) is 6.54 Å². The zero-order chi connectivity index (χ0) is 15.2. The second-order valence-electron chi connectivity index (χ2n) is 6.53. The van der Waals surface area contributed by atoms with Crippen LogP contribution in [0.3, 0.4) is 0 Å². The van der Waals surface area contributed by atoms with E-state index < -0.39 is 12.0 Å². The van der Waals surface area contributed by atoms with Gasteiger partial charge in [0.1, 0.15) is 6.04 Å². The van der Waals surface area contributed by atoms with Crippen molar-refractivity contribution < 1.29 is 14.7 Å². The zero-order valence-electron chi connectivity index (χ0n) is 13.0. The summed E-state index contributed by atoms with van der Waals surface area (Å²) in [4.78, 5) is 25.2. The fraction of sp³-hybridized carbons (Fsp3) is 0.875. The Balaban J connectivity index is 1.82. The molecule has 0 saturated heterocycles. The van der Waals surface area contributed by atoms with Gasteiger partial charge in [0.15, 0.2) is 0 Å². The van der Waals surface area contributed by atoms with E-state index in [-0.39, 0.29) is 24.5 Å². The van der Waals surface area contributed by atoms with Gasteiger partial charge in [-0.2, -0.15) is 0 Å². The molecule has 0 aromatic rings. The van der Waals surface area contributed by atoms with E-state index in [2.05, 4.69) is 5.32 Å². The number of carboxylic acid groups (broad SMARTS) is 1. The van der Waals surface area contributed by atoms with Gasteiger partial charge in [-0.1, -0.05) is 32.1 Å². The van der Waals surface area contributed by atoms with Gasteiger partial charge in [0.25, 0.3) is 0 Å². The van der Waals surface area contributed by atoms with Crippen molar-refractivity contribution >= 4 is 11.9 Å². The summed E-state index contributed by atoms with van der Waals surface area (Å²) < 4.78 is 0. The minimum atomic E-state index is -0.847.